The third-order valence-electron chi connectivity index (χ3n) is 3.07. The van der Waals surface area contributed by atoms with Gasteiger partial charge in [-0.25, -0.2) is 0 Å². The summed E-state index contributed by atoms with van der Waals surface area (Å²) in [6.45, 7) is 0.792. The van der Waals surface area contributed by atoms with Crippen LogP contribution >= 0.6 is 0 Å². The van der Waals surface area contributed by atoms with Gasteiger partial charge < -0.3 is 16.0 Å². The normalized spacial score (nSPS) is 10.8. The largest absolute Gasteiger partial charge is 0.378 e. The topological polar surface area (TPSA) is 88.7 Å². The molecule has 1 amide bonds. The van der Waals surface area contributed by atoms with Gasteiger partial charge in [0, 0.05) is 24.5 Å². The second-order valence-corrected chi connectivity index (χ2v) is 4.65. The Morgan fingerprint density at radius 1 is 1.40 bits per heavy atom. The second-order valence-electron chi connectivity index (χ2n) is 4.65. The fraction of sp³-hybridized carbons (Fsp3) is 0.143. The van der Waals surface area contributed by atoms with E-state index in [4.69, 9.17) is 5.73 Å². The molecule has 3 rings (SSSR count). The van der Waals surface area contributed by atoms with Crippen molar-refractivity contribution in [3.05, 3.63) is 48.4 Å². The van der Waals surface area contributed by atoms with Crippen LogP contribution in [0.15, 0.2) is 42.9 Å². The number of nitrogens with zero attached hydrogens (tertiary/aromatic N) is 2. The third kappa shape index (κ3) is 2.64. The quantitative estimate of drug-likeness (QED) is 0.655. The number of primary amides is 1. The minimum absolute atomic E-state index is 0.0942. The molecule has 0 atom stereocenters. The van der Waals surface area contributed by atoms with Crippen molar-refractivity contribution in [3.8, 4) is 0 Å². The lowest BCUT2D eigenvalue weighted by Crippen LogP contribution is -2.18. The van der Waals surface area contributed by atoms with Crippen molar-refractivity contribution in [1.29, 1.82) is 0 Å². The molecular weight excluding hydrogens is 254 g/mol. The van der Waals surface area contributed by atoms with Crippen LogP contribution < -0.4 is 11.1 Å². The van der Waals surface area contributed by atoms with Crippen molar-refractivity contribution in [3.63, 3.8) is 0 Å². The summed E-state index contributed by atoms with van der Waals surface area (Å²) in [6.07, 6.45) is 5.37. The number of H-pyrrole nitrogens is 1. The molecule has 0 saturated heterocycles. The van der Waals surface area contributed by atoms with E-state index >= 15 is 0 Å². The zero-order valence-electron chi connectivity index (χ0n) is 10.8. The first-order valence-electron chi connectivity index (χ1n) is 6.31. The van der Waals surface area contributed by atoms with E-state index in [9.17, 15) is 4.79 Å². The minimum atomic E-state index is -0.405. The molecule has 0 aliphatic rings. The monoisotopic (exact) mass is 269 g/mol. The highest BCUT2D eigenvalue weighted by Gasteiger charge is 2.02. The number of carbonyl (C=O) groups is 1. The first-order chi connectivity index (χ1) is 9.70. The van der Waals surface area contributed by atoms with E-state index < -0.39 is 5.91 Å². The maximum absolute atomic E-state index is 10.8. The minimum Gasteiger partial charge on any atom is -0.378 e. The van der Waals surface area contributed by atoms with E-state index in [2.05, 4.69) is 33.6 Å². The van der Waals surface area contributed by atoms with Crippen LogP contribution in [0.5, 0.6) is 0 Å². The number of nitrogens with two attached hydrogens (primary N) is 1. The number of hydrogen-bond acceptors (Lipinski definition) is 3. The summed E-state index contributed by atoms with van der Waals surface area (Å²) in [5, 5.41) is 8.51. The fourth-order valence-electron chi connectivity index (χ4n) is 2.12. The van der Waals surface area contributed by atoms with Gasteiger partial charge in [0.2, 0.25) is 5.91 Å². The number of aromatic amines is 1. The Bertz CT molecular complexity index is 743. The lowest BCUT2D eigenvalue weighted by atomic mass is 10.1. The first kappa shape index (κ1) is 12.3. The molecule has 2 heterocycles. The van der Waals surface area contributed by atoms with Gasteiger partial charge in [-0.05, 0) is 29.1 Å². The summed E-state index contributed by atoms with van der Waals surface area (Å²) in [5.41, 5.74) is 8.29. The van der Waals surface area contributed by atoms with Gasteiger partial charge >= 0.3 is 0 Å². The summed E-state index contributed by atoms with van der Waals surface area (Å²) < 4.78 is 1.51. The van der Waals surface area contributed by atoms with Crippen LogP contribution in [0.1, 0.15) is 5.56 Å². The summed E-state index contributed by atoms with van der Waals surface area (Å²) >= 11 is 0. The van der Waals surface area contributed by atoms with Crippen LogP contribution in [0.3, 0.4) is 0 Å². The summed E-state index contributed by atoms with van der Waals surface area (Å²) in [5.74, 6) is -0.405. The number of carbonyl (C=O) groups excluding carboxylic acids is 1. The lowest BCUT2D eigenvalue weighted by Gasteiger charge is -2.04. The van der Waals surface area contributed by atoms with Gasteiger partial charge in [0.1, 0.15) is 6.54 Å². The van der Waals surface area contributed by atoms with Crippen molar-refractivity contribution >= 4 is 22.5 Å². The van der Waals surface area contributed by atoms with E-state index in [0.29, 0.717) is 6.54 Å². The molecule has 102 valence electrons. The van der Waals surface area contributed by atoms with Crippen LogP contribution in [0, 0.1) is 0 Å². The molecule has 0 bridgehead atoms. The van der Waals surface area contributed by atoms with E-state index in [-0.39, 0.29) is 6.54 Å². The molecule has 0 saturated carbocycles. The molecule has 0 aliphatic carbocycles. The van der Waals surface area contributed by atoms with Crippen molar-refractivity contribution in [2.75, 3.05) is 5.32 Å². The predicted octanol–water partition coefficient (Wildman–Crippen LogP) is 1.46. The Hall–Kier alpha value is -2.76. The van der Waals surface area contributed by atoms with Crippen molar-refractivity contribution in [1.82, 2.24) is 14.8 Å². The second kappa shape index (κ2) is 5.08. The molecule has 2 aromatic heterocycles. The van der Waals surface area contributed by atoms with Crippen molar-refractivity contribution in [2.24, 2.45) is 5.73 Å². The number of nitrogens with one attached hydrogen (secondary N) is 2. The summed E-state index contributed by atoms with van der Waals surface area (Å²) in [7, 11) is 0. The molecule has 0 radical (unpaired) electrons. The Labute approximate surface area is 115 Å². The molecule has 1 aromatic carbocycles. The van der Waals surface area contributed by atoms with E-state index in [1.54, 1.807) is 12.4 Å². The van der Waals surface area contributed by atoms with Gasteiger partial charge in [-0.3, -0.25) is 9.48 Å². The molecule has 0 spiro atoms. The van der Waals surface area contributed by atoms with Gasteiger partial charge in [0.05, 0.1) is 11.9 Å². The number of anilines is 1. The molecule has 6 heteroatoms. The van der Waals surface area contributed by atoms with Crippen LogP contribution in [0.4, 0.5) is 5.69 Å². The standard InChI is InChI=1S/C14H15N5O/c15-14(20)9-19-8-12(7-18-19)17-6-10-1-2-13-11(5-10)3-4-16-13/h1-5,7-8,16-17H,6,9H2,(H2,15,20). The van der Waals surface area contributed by atoms with Crippen molar-refractivity contribution < 1.29 is 4.79 Å². The number of amides is 1. The van der Waals surface area contributed by atoms with Gasteiger partial charge in [-0.2, -0.15) is 5.10 Å². The van der Waals surface area contributed by atoms with Gasteiger partial charge in [0.25, 0.3) is 0 Å². The van der Waals surface area contributed by atoms with Crippen LogP contribution in [0.25, 0.3) is 10.9 Å². The predicted molar refractivity (Wildman–Crippen MR) is 77.0 cm³/mol. The van der Waals surface area contributed by atoms with E-state index in [1.807, 2.05) is 12.3 Å². The smallest absolute Gasteiger partial charge is 0.239 e. The highest BCUT2D eigenvalue weighted by Crippen LogP contribution is 2.15. The Kier molecular flexibility index (Phi) is 3.12. The highest BCUT2D eigenvalue weighted by atomic mass is 16.1. The lowest BCUT2D eigenvalue weighted by molar-refractivity contribution is -0.118. The van der Waals surface area contributed by atoms with Crippen LogP contribution in [0.2, 0.25) is 0 Å². The van der Waals surface area contributed by atoms with Crippen LogP contribution in [-0.2, 0) is 17.9 Å². The summed E-state index contributed by atoms with van der Waals surface area (Å²) in [6, 6.07) is 8.30. The zero-order valence-corrected chi connectivity index (χ0v) is 10.8. The molecule has 6 nitrogen and oxygen atoms in total. The Morgan fingerprint density at radius 2 is 2.30 bits per heavy atom. The van der Waals surface area contributed by atoms with Crippen LogP contribution in [-0.4, -0.2) is 20.7 Å². The average molecular weight is 269 g/mol. The highest BCUT2D eigenvalue weighted by molar-refractivity contribution is 5.80. The first-order valence-corrected chi connectivity index (χ1v) is 6.31. The third-order valence-corrected chi connectivity index (χ3v) is 3.07. The molecule has 0 aliphatic heterocycles. The maximum atomic E-state index is 10.8. The maximum Gasteiger partial charge on any atom is 0.239 e. The number of rotatable bonds is 5. The van der Waals surface area contributed by atoms with Gasteiger partial charge in [0.15, 0.2) is 0 Å². The zero-order chi connectivity index (χ0) is 13.9. The molecule has 0 fully saturated rings. The van der Waals surface area contributed by atoms with Crippen molar-refractivity contribution in [2.45, 2.75) is 13.1 Å². The van der Waals surface area contributed by atoms with Gasteiger partial charge in [-0.1, -0.05) is 6.07 Å². The van der Waals surface area contributed by atoms with E-state index in [0.717, 1.165) is 11.2 Å². The number of aromatic nitrogens is 3. The number of fused-ring (bicyclic) bond motifs is 1. The fourth-order valence-corrected chi connectivity index (χ4v) is 2.12. The number of benzene rings is 1. The van der Waals surface area contributed by atoms with E-state index in [1.165, 1.54) is 15.6 Å². The molecule has 4 N–H and O–H groups in total. The SMILES string of the molecule is NC(=O)Cn1cc(NCc2ccc3[nH]ccc3c2)cn1. The average Bonchev–Trinajstić information content (AvgIpc) is 3.03. The molecule has 3 aromatic rings. The number of hydrogen-bond donors (Lipinski definition) is 3. The molecular formula is C14H15N5O. The summed E-state index contributed by atoms with van der Waals surface area (Å²) in [4.78, 5) is 14.0. The molecule has 20 heavy (non-hydrogen) atoms. The molecule has 0 unspecified atom stereocenters. The Balaban J connectivity index is 1.66. The Morgan fingerprint density at radius 3 is 3.15 bits per heavy atom. The van der Waals surface area contributed by atoms with Gasteiger partial charge in [-0.15, -0.1) is 0 Å².